The van der Waals surface area contributed by atoms with Crippen molar-refractivity contribution in [1.82, 2.24) is 0 Å². The number of hydrogen-bond acceptors (Lipinski definition) is 5. The van der Waals surface area contributed by atoms with Gasteiger partial charge in [0, 0.05) is 25.6 Å². The van der Waals surface area contributed by atoms with Gasteiger partial charge in [-0.25, -0.2) is 0 Å². The number of ether oxygens (including phenoxy) is 3. The number of methoxy groups -OCH3 is 1. The smallest absolute Gasteiger partial charge is 0.305 e. The van der Waals surface area contributed by atoms with Crippen molar-refractivity contribution in [2.45, 2.75) is 96.2 Å². The third kappa shape index (κ3) is 6.55. The summed E-state index contributed by atoms with van der Waals surface area (Å²) in [4.78, 5) is 11.3. The Bertz CT molecular complexity index is 687. The maximum atomic E-state index is 11.3. The summed E-state index contributed by atoms with van der Waals surface area (Å²) in [6.45, 7) is 13.2. The minimum Gasteiger partial charge on any atom is -0.469 e. The molecule has 1 unspecified atom stereocenters. The Morgan fingerprint density at radius 3 is 2.72 bits per heavy atom. The molecule has 5 nitrogen and oxygen atoms in total. The lowest BCUT2D eigenvalue weighted by molar-refractivity contribution is -0.197. The number of hydrogen-bond donors (Lipinski definition) is 0. The SMILES string of the molecule is COC(=O)CCC=CC1=C[C@H]2C[C@@H](OC3CCCCO3)[C@H](CO[Si](C)(C)C(C)(C)C)[C@H]2C1. The molecule has 32 heavy (non-hydrogen) atoms. The molecular weight excluding hydrogens is 420 g/mol. The highest BCUT2D eigenvalue weighted by molar-refractivity contribution is 6.74. The summed E-state index contributed by atoms with van der Waals surface area (Å²) in [6, 6.07) is 0. The fourth-order valence-corrected chi connectivity index (χ4v) is 5.95. The zero-order valence-electron chi connectivity index (χ0n) is 21.0. The van der Waals surface area contributed by atoms with Crippen molar-refractivity contribution in [2.75, 3.05) is 20.3 Å². The summed E-state index contributed by atoms with van der Waals surface area (Å²) in [5, 5.41) is 0.204. The van der Waals surface area contributed by atoms with E-state index in [0.29, 0.717) is 24.2 Å². The molecule has 2 fully saturated rings. The van der Waals surface area contributed by atoms with E-state index >= 15 is 0 Å². The molecule has 0 bridgehead atoms. The molecule has 1 saturated carbocycles. The normalized spacial score (nSPS) is 31.1. The van der Waals surface area contributed by atoms with E-state index in [0.717, 1.165) is 45.3 Å². The standard InChI is InChI=1S/C26H44O5Si/c1-26(2,3)32(5,6)30-18-22-21-16-19(11-7-8-12-24(27)28-4)15-20(21)17-23(22)31-25-13-9-10-14-29-25/h7,11,15,20-23,25H,8-10,12-14,16-18H2,1-6H3/t20-,21-,22+,23+,25?/m0/s1. The molecule has 1 heterocycles. The predicted molar refractivity (Wildman–Crippen MR) is 130 cm³/mol. The lowest BCUT2D eigenvalue weighted by Gasteiger charge is -2.38. The quantitative estimate of drug-likeness (QED) is 0.309. The van der Waals surface area contributed by atoms with Crippen LogP contribution in [0.5, 0.6) is 0 Å². The molecule has 0 radical (unpaired) electrons. The van der Waals surface area contributed by atoms with Gasteiger partial charge >= 0.3 is 5.97 Å². The van der Waals surface area contributed by atoms with Crippen molar-refractivity contribution >= 4 is 14.3 Å². The van der Waals surface area contributed by atoms with Gasteiger partial charge < -0.3 is 18.6 Å². The largest absolute Gasteiger partial charge is 0.469 e. The predicted octanol–water partition coefficient (Wildman–Crippen LogP) is 6.01. The Labute approximate surface area is 196 Å². The van der Waals surface area contributed by atoms with Crippen LogP contribution in [-0.2, 0) is 23.4 Å². The van der Waals surface area contributed by atoms with Gasteiger partial charge in [0.05, 0.1) is 13.2 Å². The van der Waals surface area contributed by atoms with E-state index in [4.69, 9.17) is 18.6 Å². The summed E-state index contributed by atoms with van der Waals surface area (Å²) in [7, 11) is -0.377. The third-order valence-electron chi connectivity index (χ3n) is 7.96. The van der Waals surface area contributed by atoms with E-state index in [-0.39, 0.29) is 23.4 Å². The van der Waals surface area contributed by atoms with Gasteiger partial charge in [-0.3, -0.25) is 4.79 Å². The van der Waals surface area contributed by atoms with Crippen LogP contribution in [0, 0.1) is 17.8 Å². The minimum absolute atomic E-state index is 0.0513. The Kier molecular flexibility index (Phi) is 8.81. The van der Waals surface area contributed by atoms with Crippen molar-refractivity contribution < 1.29 is 23.4 Å². The second-order valence-corrected chi connectivity index (χ2v) is 16.0. The van der Waals surface area contributed by atoms with Crippen LogP contribution in [0.4, 0.5) is 0 Å². The number of esters is 1. The molecule has 0 aromatic carbocycles. The van der Waals surface area contributed by atoms with Gasteiger partial charge in [0.2, 0.25) is 0 Å². The van der Waals surface area contributed by atoms with E-state index in [1.165, 1.54) is 19.1 Å². The van der Waals surface area contributed by atoms with Crippen molar-refractivity contribution in [3.8, 4) is 0 Å². The Morgan fingerprint density at radius 1 is 1.28 bits per heavy atom. The molecule has 0 amide bonds. The molecule has 3 aliphatic rings. The van der Waals surface area contributed by atoms with Gasteiger partial charge in [0.15, 0.2) is 14.6 Å². The molecule has 6 heteroatoms. The summed E-state index contributed by atoms with van der Waals surface area (Å²) < 4.78 is 23.9. The van der Waals surface area contributed by atoms with Crippen LogP contribution in [0.25, 0.3) is 0 Å². The van der Waals surface area contributed by atoms with E-state index in [2.05, 4.69) is 52.1 Å². The van der Waals surface area contributed by atoms with Crippen LogP contribution >= 0.6 is 0 Å². The average molecular weight is 465 g/mol. The van der Waals surface area contributed by atoms with Gasteiger partial charge in [0.25, 0.3) is 0 Å². The number of fused-ring (bicyclic) bond motifs is 1. The van der Waals surface area contributed by atoms with E-state index < -0.39 is 8.32 Å². The van der Waals surface area contributed by atoms with Gasteiger partial charge in [0.1, 0.15) is 0 Å². The van der Waals surface area contributed by atoms with Crippen molar-refractivity contribution in [3.05, 3.63) is 23.8 Å². The van der Waals surface area contributed by atoms with Crippen LogP contribution in [-0.4, -0.2) is 47.0 Å². The fraction of sp³-hybridized carbons (Fsp3) is 0.808. The van der Waals surface area contributed by atoms with Gasteiger partial charge in [-0.05, 0) is 68.5 Å². The van der Waals surface area contributed by atoms with E-state index in [9.17, 15) is 4.79 Å². The lowest BCUT2D eigenvalue weighted by atomic mass is 9.90. The zero-order valence-corrected chi connectivity index (χ0v) is 22.0. The second-order valence-electron chi connectivity index (χ2n) is 11.2. The average Bonchev–Trinajstić information content (AvgIpc) is 3.26. The molecule has 0 aromatic heterocycles. The molecule has 2 aliphatic carbocycles. The Balaban J connectivity index is 1.64. The highest BCUT2D eigenvalue weighted by Gasteiger charge is 2.48. The molecule has 3 rings (SSSR count). The zero-order chi connectivity index (χ0) is 23.4. The molecule has 182 valence electrons. The topological polar surface area (TPSA) is 54.0 Å². The maximum absolute atomic E-state index is 11.3. The first-order chi connectivity index (χ1) is 15.1. The second kappa shape index (κ2) is 11.0. The van der Waals surface area contributed by atoms with Crippen molar-refractivity contribution in [2.24, 2.45) is 17.8 Å². The summed E-state index contributed by atoms with van der Waals surface area (Å²) >= 11 is 0. The van der Waals surface area contributed by atoms with Crippen LogP contribution < -0.4 is 0 Å². The first-order valence-corrected chi connectivity index (χ1v) is 15.4. The summed E-state index contributed by atoms with van der Waals surface area (Å²) in [5.74, 6) is 1.35. The van der Waals surface area contributed by atoms with Crippen LogP contribution in [0.3, 0.4) is 0 Å². The molecule has 0 N–H and O–H groups in total. The Morgan fingerprint density at radius 2 is 2.06 bits per heavy atom. The van der Waals surface area contributed by atoms with Gasteiger partial charge in [-0.1, -0.05) is 44.6 Å². The third-order valence-corrected chi connectivity index (χ3v) is 12.5. The van der Waals surface area contributed by atoms with E-state index in [1.54, 1.807) is 0 Å². The molecule has 1 saturated heterocycles. The van der Waals surface area contributed by atoms with Gasteiger partial charge in [-0.2, -0.15) is 0 Å². The maximum Gasteiger partial charge on any atom is 0.305 e. The molecule has 1 aliphatic heterocycles. The van der Waals surface area contributed by atoms with Gasteiger partial charge in [-0.15, -0.1) is 0 Å². The van der Waals surface area contributed by atoms with Crippen molar-refractivity contribution in [3.63, 3.8) is 0 Å². The molecule has 0 spiro atoms. The monoisotopic (exact) mass is 464 g/mol. The summed E-state index contributed by atoms with van der Waals surface area (Å²) in [6.07, 6.45) is 13.5. The van der Waals surface area contributed by atoms with Crippen LogP contribution in [0.2, 0.25) is 18.1 Å². The number of carbonyl (C=O) groups excluding carboxylic acids is 1. The highest BCUT2D eigenvalue weighted by atomic mass is 28.4. The molecule has 0 aromatic rings. The lowest BCUT2D eigenvalue weighted by Crippen LogP contribution is -2.44. The van der Waals surface area contributed by atoms with Crippen LogP contribution in [0.15, 0.2) is 23.8 Å². The first kappa shape index (κ1) is 25.7. The summed E-state index contributed by atoms with van der Waals surface area (Å²) in [5.41, 5.74) is 1.38. The molecule has 5 atom stereocenters. The molecular formula is C26H44O5Si. The number of carbonyl (C=O) groups is 1. The number of rotatable bonds is 9. The minimum atomic E-state index is -1.82. The highest BCUT2D eigenvalue weighted by Crippen LogP contribution is 2.49. The van der Waals surface area contributed by atoms with Crippen molar-refractivity contribution in [1.29, 1.82) is 0 Å². The number of allylic oxidation sites excluding steroid dienone is 4. The Hall–Kier alpha value is -0.953. The first-order valence-electron chi connectivity index (χ1n) is 12.5. The van der Waals surface area contributed by atoms with E-state index in [1.807, 2.05) is 0 Å². The fourth-order valence-electron chi connectivity index (χ4n) is 4.90. The van der Waals surface area contributed by atoms with Crippen LogP contribution in [0.1, 0.15) is 65.7 Å².